The molecule has 1 aromatic heterocycles. The first-order valence-electron chi connectivity index (χ1n) is 6.88. The fraction of sp³-hybridized carbons (Fsp3) is 0.200. The summed E-state index contributed by atoms with van der Waals surface area (Å²) in [5.41, 5.74) is 6.70. The van der Waals surface area contributed by atoms with Gasteiger partial charge in [-0.05, 0) is 5.56 Å². The number of hydrogen-bond acceptors (Lipinski definition) is 5. The van der Waals surface area contributed by atoms with Crippen LogP contribution in [0.4, 0.5) is 10.6 Å². The number of nitrogens with one attached hydrogen (secondary N) is 1. The van der Waals surface area contributed by atoms with E-state index in [9.17, 15) is 4.79 Å². The van der Waals surface area contributed by atoms with Crippen molar-refractivity contribution in [3.05, 3.63) is 47.9 Å². The van der Waals surface area contributed by atoms with Gasteiger partial charge in [-0.15, -0.1) is 0 Å². The highest BCUT2D eigenvalue weighted by atomic mass is 16.3. The molecule has 0 radical (unpaired) electrons. The fourth-order valence-corrected chi connectivity index (χ4v) is 1.91. The number of nitrogens with two attached hydrogens (primary N) is 1. The van der Waals surface area contributed by atoms with Gasteiger partial charge >= 0.3 is 6.03 Å². The normalized spacial score (nSPS) is 11.0. The molecule has 2 aromatic rings. The molecule has 1 aromatic carbocycles. The molecule has 0 atom stereocenters. The highest BCUT2D eigenvalue weighted by Gasteiger charge is 2.15. The molecule has 23 heavy (non-hydrogen) atoms. The van der Waals surface area contributed by atoms with Gasteiger partial charge in [-0.3, -0.25) is 0 Å². The number of nitriles is 1. The third-order valence-corrected chi connectivity index (χ3v) is 3.05. The van der Waals surface area contributed by atoms with E-state index in [0.29, 0.717) is 6.54 Å². The predicted octanol–water partition coefficient (Wildman–Crippen LogP) is 0.680. The maximum Gasteiger partial charge on any atom is 0.342 e. The Hall–Kier alpha value is -3.18. The van der Waals surface area contributed by atoms with Crippen LogP contribution < -0.4 is 11.1 Å². The Bertz CT molecular complexity index is 745. The molecule has 0 unspecified atom stereocenters. The molecular weight excluding hydrogens is 296 g/mol. The molecule has 1 heterocycles. The Kier molecular flexibility index (Phi) is 5.44. The van der Waals surface area contributed by atoms with E-state index in [4.69, 9.17) is 16.1 Å². The lowest BCUT2D eigenvalue weighted by atomic mass is 10.2. The van der Waals surface area contributed by atoms with E-state index in [1.165, 1.54) is 10.9 Å². The van der Waals surface area contributed by atoms with Gasteiger partial charge in [-0.1, -0.05) is 30.3 Å². The molecule has 0 saturated heterocycles. The summed E-state index contributed by atoms with van der Waals surface area (Å²) >= 11 is 0. The monoisotopic (exact) mass is 312 g/mol. The number of aliphatic hydroxyl groups is 1. The van der Waals surface area contributed by atoms with Gasteiger partial charge in [-0.25, -0.2) is 9.78 Å². The number of nitrogen functional groups attached to an aromatic ring is 1. The van der Waals surface area contributed by atoms with Crippen LogP contribution in [0.3, 0.4) is 0 Å². The van der Waals surface area contributed by atoms with Crippen molar-refractivity contribution in [3.8, 4) is 6.07 Å². The van der Waals surface area contributed by atoms with Crippen LogP contribution in [0.2, 0.25) is 0 Å². The third kappa shape index (κ3) is 4.15. The molecule has 0 aliphatic rings. The van der Waals surface area contributed by atoms with Crippen LogP contribution in [0.1, 0.15) is 11.3 Å². The quantitative estimate of drug-likeness (QED) is 0.699. The first kappa shape index (κ1) is 16.2. The van der Waals surface area contributed by atoms with E-state index in [1.807, 2.05) is 36.4 Å². The Morgan fingerprint density at radius 3 is 2.83 bits per heavy atom. The molecule has 2 rings (SSSR count). The Labute approximate surface area is 132 Å². The first-order chi connectivity index (χ1) is 11.2. The zero-order valence-electron chi connectivity index (χ0n) is 12.3. The molecular formula is C15H16N6O2. The van der Waals surface area contributed by atoms with Crippen LogP contribution in [-0.4, -0.2) is 33.0 Å². The zero-order valence-corrected chi connectivity index (χ0v) is 12.3. The maximum atomic E-state index is 11.8. The van der Waals surface area contributed by atoms with Gasteiger partial charge in [-0.2, -0.15) is 10.3 Å². The Morgan fingerprint density at radius 1 is 1.43 bits per heavy atom. The molecule has 8 heteroatoms. The fourth-order valence-electron chi connectivity index (χ4n) is 1.91. The number of carbonyl (C=O) groups excluding carboxylic acids is 1. The number of carbonyl (C=O) groups is 1. The SMILES string of the molecule is N#C/C(=N\C(=O)NCc1ccccc1)c1ncn(CCO)c1N. The van der Waals surface area contributed by atoms with Crippen molar-refractivity contribution >= 4 is 17.6 Å². The Morgan fingerprint density at radius 2 is 2.17 bits per heavy atom. The van der Waals surface area contributed by atoms with Crippen molar-refractivity contribution in [3.63, 3.8) is 0 Å². The predicted molar refractivity (Wildman–Crippen MR) is 84.6 cm³/mol. The minimum Gasteiger partial charge on any atom is -0.395 e. The van der Waals surface area contributed by atoms with E-state index < -0.39 is 6.03 Å². The summed E-state index contributed by atoms with van der Waals surface area (Å²) in [6.07, 6.45) is 1.38. The number of urea groups is 1. The van der Waals surface area contributed by atoms with Crippen molar-refractivity contribution in [1.29, 1.82) is 5.26 Å². The van der Waals surface area contributed by atoms with E-state index in [1.54, 1.807) is 0 Å². The summed E-state index contributed by atoms with van der Waals surface area (Å²) in [6.45, 7) is 0.435. The topological polar surface area (TPSA) is 129 Å². The average Bonchev–Trinajstić information content (AvgIpc) is 2.93. The maximum absolute atomic E-state index is 11.8. The van der Waals surface area contributed by atoms with E-state index in [0.717, 1.165) is 5.56 Å². The van der Waals surface area contributed by atoms with Crippen LogP contribution in [0.5, 0.6) is 0 Å². The number of amides is 2. The van der Waals surface area contributed by atoms with Gasteiger partial charge in [0.15, 0.2) is 5.71 Å². The first-order valence-corrected chi connectivity index (χ1v) is 6.88. The van der Waals surface area contributed by atoms with Crippen molar-refractivity contribution in [2.45, 2.75) is 13.1 Å². The summed E-state index contributed by atoms with van der Waals surface area (Å²) in [5.74, 6) is 0.176. The number of nitrogens with zero attached hydrogens (tertiary/aromatic N) is 4. The van der Waals surface area contributed by atoms with Crippen LogP contribution in [-0.2, 0) is 13.1 Å². The van der Waals surface area contributed by atoms with Gasteiger partial charge in [0.25, 0.3) is 0 Å². The number of imidazole rings is 1. The number of hydrogen-bond donors (Lipinski definition) is 3. The number of aliphatic imine (C=N–C) groups is 1. The van der Waals surface area contributed by atoms with Crippen LogP contribution in [0.15, 0.2) is 41.7 Å². The van der Waals surface area contributed by atoms with Crippen molar-refractivity contribution < 1.29 is 9.90 Å². The summed E-state index contributed by atoms with van der Waals surface area (Å²) < 4.78 is 1.48. The number of anilines is 1. The van der Waals surface area contributed by atoms with Gasteiger partial charge in [0, 0.05) is 13.1 Å². The number of rotatable bonds is 5. The van der Waals surface area contributed by atoms with Gasteiger partial charge in [0.2, 0.25) is 0 Å². The lowest BCUT2D eigenvalue weighted by Gasteiger charge is -2.03. The van der Waals surface area contributed by atoms with Crippen LogP contribution in [0, 0.1) is 11.3 Å². The second-order valence-corrected chi connectivity index (χ2v) is 4.61. The summed E-state index contributed by atoms with van der Waals surface area (Å²) in [4.78, 5) is 19.5. The number of aromatic nitrogens is 2. The van der Waals surface area contributed by atoms with Crippen molar-refractivity contribution in [1.82, 2.24) is 14.9 Å². The molecule has 0 aliphatic heterocycles. The molecule has 2 amide bonds. The van der Waals surface area contributed by atoms with Gasteiger partial charge < -0.3 is 20.7 Å². The summed E-state index contributed by atoms with van der Waals surface area (Å²) in [6, 6.07) is 10.5. The third-order valence-electron chi connectivity index (χ3n) is 3.05. The summed E-state index contributed by atoms with van der Waals surface area (Å²) in [5, 5.41) is 20.7. The lowest BCUT2D eigenvalue weighted by molar-refractivity contribution is 0.249. The second-order valence-electron chi connectivity index (χ2n) is 4.61. The minimum atomic E-state index is -0.651. The largest absolute Gasteiger partial charge is 0.395 e. The van der Waals surface area contributed by atoms with Gasteiger partial charge in [0.1, 0.15) is 17.6 Å². The molecule has 0 bridgehead atoms. The van der Waals surface area contributed by atoms with Crippen molar-refractivity contribution in [2.75, 3.05) is 12.3 Å². The highest BCUT2D eigenvalue weighted by molar-refractivity contribution is 6.16. The average molecular weight is 312 g/mol. The molecule has 8 nitrogen and oxygen atoms in total. The van der Waals surface area contributed by atoms with E-state index >= 15 is 0 Å². The van der Waals surface area contributed by atoms with E-state index in [2.05, 4.69) is 15.3 Å². The number of benzene rings is 1. The second kappa shape index (κ2) is 7.72. The lowest BCUT2D eigenvalue weighted by Crippen LogP contribution is -2.21. The van der Waals surface area contributed by atoms with Crippen molar-refractivity contribution in [2.24, 2.45) is 4.99 Å². The molecule has 0 aliphatic carbocycles. The minimum absolute atomic E-state index is 0.114. The van der Waals surface area contributed by atoms with Crippen LogP contribution >= 0.6 is 0 Å². The Balaban J connectivity index is 2.09. The summed E-state index contributed by atoms with van der Waals surface area (Å²) in [7, 11) is 0. The standard InChI is InChI=1S/C15H16N6O2/c16-8-12(13-14(17)21(6-7-22)10-19-13)20-15(23)18-9-11-4-2-1-3-5-11/h1-5,10,22H,6-7,9,17H2,(H,18,23)/b20-12+. The van der Waals surface area contributed by atoms with Gasteiger partial charge in [0.05, 0.1) is 12.9 Å². The smallest absolute Gasteiger partial charge is 0.342 e. The van der Waals surface area contributed by atoms with Crippen LogP contribution in [0.25, 0.3) is 0 Å². The highest BCUT2D eigenvalue weighted by Crippen LogP contribution is 2.11. The molecule has 0 spiro atoms. The zero-order chi connectivity index (χ0) is 16.7. The molecule has 118 valence electrons. The molecule has 0 fully saturated rings. The number of aliphatic hydroxyl groups excluding tert-OH is 1. The molecule has 4 N–H and O–H groups in total. The molecule has 0 saturated carbocycles. The van der Waals surface area contributed by atoms with E-state index in [-0.39, 0.29) is 30.4 Å².